The van der Waals surface area contributed by atoms with Gasteiger partial charge >= 0.3 is 0 Å². The standard InChI is InChI=1S/C15H9F3N2O/c16-10-6-5-9(14(17)15(10)18)13(21)7-20-8-19-11-3-1-2-4-12(11)20/h1-6,8H,7H2. The average Bonchev–Trinajstić information content (AvgIpc) is 2.88. The largest absolute Gasteiger partial charge is 0.323 e. The maximum atomic E-state index is 13.6. The maximum absolute atomic E-state index is 13.6. The Kier molecular flexibility index (Phi) is 3.21. The van der Waals surface area contributed by atoms with Crippen LogP contribution in [0.5, 0.6) is 0 Å². The first kappa shape index (κ1) is 13.4. The van der Waals surface area contributed by atoms with E-state index in [4.69, 9.17) is 0 Å². The summed E-state index contributed by atoms with van der Waals surface area (Å²) in [4.78, 5) is 16.2. The molecule has 0 unspecified atom stereocenters. The molecule has 106 valence electrons. The number of aromatic nitrogens is 2. The zero-order valence-corrected chi connectivity index (χ0v) is 10.7. The maximum Gasteiger partial charge on any atom is 0.195 e. The summed E-state index contributed by atoms with van der Waals surface area (Å²) in [5.41, 5.74) is 0.914. The quantitative estimate of drug-likeness (QED) is 0.548. The number of Topliss-reactive ketones (excluding diaryl/α,β-unsaturated/α-hetero) is 1. The van der Waals surface area contributed by atoms with E-state index in [9.17, 15) is 18.0 Å². The van der Waals surface area contributed by atoms with Crippen molar-refractivity contribution in [3.05, 3.63) is 65.7 Å². The lowest BCUT2D eigenvalue weighted by Crippen LogP contribution is -2.12. The molecule has 0 aliphatic carbocycles. The Morgan fingerprint density at radius 2 is 1.81 bits per heavy atom. The van der Waals surface area contributed by atoms with E-state index in [2.05, 4.69) is 4.98 Å². The Morgan fingerprint density at radius 1 is 1.05 bits per heavy atom. The van der Waals surface area contributed by atoms with E-state index in [-0.39, 0.29) is 6.54 Å². The van der Waals surface area contributed by atoms with Crippen molar-refractivity contribution in [2.24, 2.45) is 0 Å². The highest BCUT2D eigenvalue weighted by atomic mass is 19.2. The number of hydrogen-bond acceptors (Lipinski definition) is 2. The highest BCUT2D eigenvalue weighted by molar-refractivity contribution is 5.96. The van der Waals surface area contributed by atoms with Crippen molar-refractivity contribution >= 4 is 16.8 Å². The van der Waals surface area contributed by atoms with Crippen molar-refractivity contribution in [1.29, 1.82) is 0 Å². The Balaban J connectivity index is 1.95. The van der Waals surface area contributed by atoms with Crippen LogP contribution in [0, 0.1) is 17.5 Å². The van der Waals surface area contributed by atoms with Gasteiger partial charge in [0.15, 0.2) is 23.2 Å². The molecule has 0 atom stereocenters. The Hall–Kier alpha value is -2.63. The van der Waals surface area contributed by atoms with Crippen LogP contribution in [-0.4, -0.2) is 15.3 Å². The van der Waals surface area contributed by atoms with Crippen molar-refractivity contribution in [2.75, 3.05) is 0 Å². The van der Waals surface area contributed by atoms with Crippen LogP contribution in [0.4, 0.5) is 13.2 Å². The molecule has 0 spiro atoms. The van der Waals surface area contributed by atoms with Gasteiger partial charge in [0, 0.05) is 0 Å². The molecule has 0 amide bonds. The van der Waals surface area contributed by atoms with Crippen LogP contribution in [0.25, 0.3) is 11.0 Å². The summed E-state index contributed by atoms with van der Waals surface area (Å²) in [6, 6.07) is 8.79. The fourth-order valence-corrected chi connectivity index (χ4v) is 2.12. The molecule has 1 heterocycles. The molecule has 3 aromatic rings. The second kappa shape index (κ2) is 5.05. The molecule has 6 heteroatoms. The lowest BCUT2D eigenvalue weighted by atomic mass is 10.1. The lowest BCUT2D eigenvalue weighted by molar-refractivity contribution is 0.0968. The molecule has 2 aromatic carbocycles. The zero-order valence-electron chi connectivity index (χ0n) is 10.7. The van der Waals surface area contributed by atoms with E-state index in [1.165, 1.54) is 10.9 Å². The summed E-state index contributed by atoms with van der Waals surface area (Å²) in [7, 11) is 0. The molecule has 0 N–H and O–H groups in total. The molecule has 0 aliphatic heterocycles. The van der Waals surface area contributed by atoms with Crippen molar-refractivity contribution in [1.82, 2.24) is 9.55 Å². The molecule has 3 rings (SSSR count). The fraction of sp³-hybridized carbons (Fsp3) is 0.0667. The highest BCUT2D eigenvalue weighted by Crippen LogP contribution is 2.18. The number of carbonyl (C=O) groups excluding carboxylic acids is 1. The van der Waals surface area contributed by atoms with Crippen molar-refractivity contribution in [2.45, 2.75) is 6.54 Å². The molecule has 0 bridgehead atoms. The summed E-state index contributed by atoms with van der Waals surface area (Å²) >= 11 is 0. The predicted molar refractivity (Wildman–Crippen MR) is 70.4 cm³/mol. The monoisotopic (exact) mass is 290 g/mol. The zero-order chi connectivity index (χ0) is 15.0. The number of carbonyl (C=O) groups is 1. The van der Waals surface area contributed by atoms with Gasteiger partial charge in [-0.05, 0) is 24.3 Å². The topological polar surface area (TPSA) is 34.9 Å². The van der Waals surface area contributed by atoms with Gasteiger partial charge in [0.25, 0.3) is 0 Å². The number of fused-ring (bicyclic) bond motifs is 1. The average molecular weight is 290 g/mol. The molecule has 0 saturated carbocycles. The number of ketones is 1. The number of benzene rings is 2. The third-order valence-corrected chi connectivity index (χ3v) is 3.18. The van der Waals surface area contributed by atoms with Gasteiger partial charge in [-0.3, -0.25) is 4.79 Å². The molecule has 0 aliphatic rings. The van der Waals surface area contributed by atoms with Gasteiger partial charge in [0.1, 0.15) is 0 Å². The van der Waals surface area contributed by atoms with Crippen LogP contribution in [0.15, 0.2) is 42.7 Å². The minimum atomic E-state index is -1.64. The summed E-state index contributed by atoms with van der Waals surface area (Å²) < 4.78 is 41.1. The van der Waals surface area contributed by atoms with Gasteiger partial charge in [-0.2, -0.15) is 0 Å². The minimum Gasteiger partial charge on any atom is -0.323 e. The van der Waals surface area contributed by atoms with Crippen molar-refractivity contribution < 1.29 is 18.0 Å². The Bertz CT molecular complexity index is 842. The smallest absolute Gasteiger partial charge is 0.195 e. The summed E-state index contributed by atoms with van der Waals surface area (Å²) in [6.07, 6.45) is 1.44. The van der Waals surface area contributed by atoms with Crippen LogP contribution in [0.2, 0.25) is 0 Å². The molecule has 0 radical (unpaired) electrons. The summed E-state index contributed by atoms with van der Waals surface area (Å²) in [6.45, 7) is -0.206. The number of imidazole rings is 1. The minimum absolute atomic E-state index is 0.206. The molecule has 0 saturated heterocycles. The molecular weight excluding hydrogens is 281 g/mol. The second-order valence-electron chi connectivity index (χ2n) is 4.51. The third kappa shape index (κ3) is 2.29. The summed E-state index contributed by atoms with van der Waals surface area (Å²) in [5.74, 6) is -5.09. The number of hydrogen-bond donors (Lipinski definition) is 0. The van der Waals surface area contributed by atoms with Gasteiger partial charge < -0.3 is 4.57 Å². The number of rotatable bonds is 3. The van der Waals surface area contributed by atoms with Crippen LogP contribution in [0.3, 0.4) is 0 Å². The Labute approximate surface area is 117 Å². The van der Waals surface area contributed by atoms with Gasteiger partial charge in [0.2, 0.25) is 0 Å². The molecule has 1 aromatic heterocycles. The molecule has 0 fully saturated rings. The van der Waals surface area contributed by atoms with Gasteiger partial charge in [-0.1, -0.05) is 12.1 Å². The Morgan fingerprint density at radius 3 is 2.62 bits per heavy atom. The van der Waals surface area contributed by atoms with E-state index < -0.39 is 28.8 Å². The highest BCUT2D eigenvalue weighted by Gasteiger charge is 2.19. The normalized spacial score (nSPS) is 11.0. The second-order valence-corrected chi connectivity index (χ2v) is 4.51. The van der Waals surface area contributed by atoms with Gasteiger partial charge in [-0.15, -0.1) is 0 Å². The first-order valence-corrected chi connectivity index (χ1v) is 6.14. The fourth-order valence-electron chi connectivity index (χ4n) is 2.12. The van der Waals surface area contributed by atoms with E-state index in [1.807, 2.05) is 0 Å². The van der Waals surface area contributed by atoms with Crippen LogP contribution in [0.1, 0.15) is 10.4 Å². The van der Waals surface area contributed by atoms with Crippen LogP contribution >= 0.6 is 0 Å². The van der Waals surface area contributed by atoms with E-state index in [1.54, 1.807) is 24.3 Å². The van der Waals surface area contributed by atoms with Crippen LogP contribution in [-0.2, 0) is 6.54 Å². The first-order valence-electron chi connectivity index (χ1n) is 6.14. The number of para-hydroxylation sites is 2. The lowest BCUT2D eigenvalue weighted by Gasteiger charge is -2.06. The third-order valence-electron chi connectivity index (χ3n) is 3.18. The predicted octanol–water partition coefficient (Wildman–Crippen LogP) is 3.34. The van der Waals surface area contributed by atoms with E-state index in [0.29, 0.717) is 11.0 Å². The van der Waals surface area contributed by atoms with E-state index >= 15 is 0 Å². The van der Waals surface area contributed by atoms with Gasteiger partial charge in [0.05, 0.1) is 29.5 Å². The van der Waals surface area contributed by atoms with Crippen molar-refractivity contribution in [3.63, 3.8) is 0 Å². The summed E-state index contributed by atoms with van der Waals surface area (Å²) in [5, 5.41) is 0. The van der Waals surface area contributed by atoms with E-state index in [0.717, 1.165) is 12.1 Å². The first-order chi connectivity index (χ1) is 10.1. The number of nitrogens with zero attached hydrogens (tertiary/aromatic N) is 2. The van der Waals surface area contributed by atoms with Crippen LogP contribution < -0.4 is 0 Å². The molecular formula is C15H9F3N2O. The number of halogens is 3. The SMILES string of the molecule is O=C(Cn1cnc2ccccc21)c1ccc(F)c(F)c1F. The molecule has 21 heavy (non-hydrogen) atoms. The van der Waals surface area contributed by atoms with Gasteiger partial charge in [-0.25, -0.2) is 18.2 Å². The van der Waals surface area contributed by atoms with Crippen molar-refractivity contribution in [3.8, 4) is 0 Å². The molecule has 3 nitrogen and oxygen atoms in total.